The van der Waals surface area contributed by atoms with Gasteiger partial charge in [0.25, 0.3) is 0 Å². The van der Waals surface area contributed by atoms with Gasteiger partial charge in [0.05, 0.1) is 17.8 Å². The predicted octanol–water partition coefficient (Wildman–Crippen LogP) is 5.04. The summed E-state index contributed by atoms with van der Waals surface area (Å²) < 4.78 is 0. The predicted molar refractivity (Wildman–Crippen MR) is 135 cm³/mol. The van der Waals surface area contributed by atoms with Gasteiger partial charge in [-0.1, -0.05) is 42.0 Å². The average molecular weight is 469 g/mol. The fraction of sp³-hybridized carbons (Fsp3) is 0.185. The van der Waals surface area contributed by atoms with Crippen LogP contribution in [0.4, 0.5) is 11.4 Å². The second kappa shape index (κ2) is 9.57. The Labute approximate surface area is 202 Å². The number of hydrogen-bond acceptors (Lipinski definition) is 5. The van der Waals surface area contributed by atoms with Crippen molar-refractivity contribution in [2.45, 2.75) is 32.2 Å². The van der Waals surface area contributed by atoms with Crippen LogP contribution in [0, 0.1) is 6.92 Å². The van der Waals surface area contributed by atoms with Gasteiger partial charge in [0.15, 0.2) is 0 Å². The minimum absolute atomic E-state index is 0.117. The Bertz CT molecular complexity index is 1320. The minimum atomic E-state index is -0.586. The van der Waals surface area contributed by atoms with Gasteiger partial charge in [-0.25, -0.2) is 4.98 Å². The van der Waals surface area contributed by atoms with Crippen LogP contribution in [0.5, 0.6) is 0 Å². The number of carbonyl (C=O) groups is 2. The van der Waals surface area contributed by atoms with Crippen LogP contribution in [-0.2, 0) is 22.4 Å². The van der Waals surface area contributed by atoms with Crippen molar-refractivity contribution in [2.75, 3.05) is 10.2 Å². The monoisotopic (exact) mass is 468 g/mol. The molecular formula is C27H24N4O2S. The Morgan fingerprint density at radius 1 is 1.06 bits per heavy atom. The lowest BCUT2D eigenvalue weighted by Gasteiger charge is -2.36. The number of aryl methyl sites for hydroxylation is 2. The fourth-order valence-corrected chi connectivity index (χ4v) is 5.00. The first-order valence-corrected chi connectivity index (χ1v) is 12.1. The molecule has 1 unspecified atom stereocenters. The number of carbonyl (C=O) groups excluding carboxylic acids is 2. The Morgan fingerprint density at radius 2 is 1.85 bits per heavy atom. The molecule has 0 fully saturated rings. The van der Waals surface area contributed by atoms with Crippen molar-refractivity contribution in [3.05, 3.63) is 95.1 Å². The summed E-state index contributed by atoms with van der Waals surface area (Å²) in [6.45, 7) is 2.00. The molecule has 0 radical (unpaired) electrons. The number of benzene rings is 2. The molecule has 0 aliphatic carbocycles. The average Bonchev–Trinajstić information content (AvgIpc) is 3.33. The standard InChI is InChI=1S/C27H24N4O2S/c1-18-9-12-20(13-10-18)29-26(33)24-14-11-19-6-2-3-8-23(19)31(24)25(32)16-21-17-34-27(30-21)22-7-4-5-15-28-22/h2-10,12-13,15,17,24H,11,14,16H2,1H3,(H,29,33). The number of pyridine rings is 1. The number of amides is 2. The maximum atomic E-state index is 13.6. The number of rotatable bonds is 5. The summed E-state index contributed by atoms with van der Waals surface area (Å²) in [5, 5.41) is 5.65. The Kier molecular flexibility index (Phi) is 6.18. The summed E-state index contributed by atoms with van der Waals surface area (Å²) in [6, 6.07) is 20.6. The Hall–Kier alpha value is -3.84. The second-order valence-electron chi connectivity index (χ2n) is 8.34. The number of para-hydroxylation sites is 1. The van der Waals surface area contributed by atoms with E-state index in [9.17, 15) is 9.59 Å². The highest BCUT2D eigenvalue weighted by Gasteiger charge is 2.35. The SMILES string of the molecule is Cc1ccc(NC(=O)C2CCc3ccccc3N2C(=O)Cc2csc(-c3ccccn3)n2)cc1. The number of nitrogens with one attached hydrogen (secondary N) is 1. The van der Waals surface area contributed by atoms with Crippen LogP contribution in [0.15, 0.2) is 78.3 Å². The normalized spacial score (nSPS) is 15.0. The number of nitrogens with zero attached hydrogens (tertiary/aromatic N) is 3. The highest BCUT2D eigenvalue weighted by atomic mass is 32.1. The molecule has 4 aromatic rings. The molecule has 6 nitrogen and oxygen atoms in total. The largest absolute Gasteiger partial charge is 0.324 e. The third-order valence-corrected chi connectivity index (χ3v) is 6.82. The van der Waals surface area contributed by atoms with E-state index in [1.807, 2.05) is 79.0 Å². The lowest BCUT2D eigenvalue weighted by Crippen LogP contribution is -2.50. The van der Waals surface area contributed by atoms with Gasteiger partial charge in [0.2, 0.25) is 11.8 Å². The van der Waals surface area contributed by atoms with E-state index in [0.717, 1.165) is 39.6 Å². The van der Waals surface area contributed by atoms with E-state index in [-0.39, 0.29) is 18.2 Å². The molecule has 0 saturated carbocycles. The van der Waals surface area contributed by atoms with E-state index in [1.165, 1.54) is 11.3 Å². The molecule has 0 saturated heterocycles. The maximum absolute atomic E-state index is 13.6. The molecule has 170 valence electrons. The molecular weight excluding hydrogens is 444 g/mol. The summed E-state index contributed by atoms with van der Waals surface area (Å²) in [7, 11) is 0. The summed E-state index contributed by atoms with van der Waals surface area (Å²) in [5.41, 5.74) is 5.17. The first-order valence-electron chi connectivity index (χ1n) is 11.2. The van der Waals surface area contributed by atoms with Crippen molar-refractivity contribution in [1.29, 1.82) is 0 Å². The van der Waals surface area contributed by atoms with E-state index < -0.39 is 6.04 Å². The molecule has 3 heterocycles. The van der Waals surface area contributed by atoms with Gasteiger partial charge in [-0.05, 0) is 55.7 Å². The lowest BCUT2D eigenvalue weighted by atomic mass is 9.94. The smallest absolute Gasteiger partial charge is 0.247 e. The molecule has 1 aliphatic heterocycles. The summed E-state index contributed by atoms with van der Waals surface area (Å²) in [4.78, 5) is 37.5. The minimum Gasteiger partial charge on any atom is -0.324 e. The maximum Gasteiger partial charge on any atom is 0.247 e. The molecule has 34 heavy (non-hydrogen) atoms. The molecule has 1 aliphatic rings. The highest BCUT2D eigenvalue weighted by molar-refractivity contribution is 7.13. The summed E-state index contributed by atoms with van der Waals surface area (Å²) >= 11 is 1.46. The van der Waals surface area contributed by atoms with Crippen molar-refractivity contribution >= 4 is 34.5 Å². The fourth-order valence-electron chi connectivity index (χ4n) is 4.20. The third-order valence-electron chi connectivity index (χ3n) is 5.91. The zero-order chi connectivity index (χ0) is 23.5. The van der Waals surface area contributed by atoms with Crippen LogP contribution in [0.2, 0.25) is 0 Å². The van der Waals surface area contributed by atoms with Gasteiger partial charge in [-0.2, -0.15) is 0 Å². The van der Waals surface area contributed by atoms with Gasteiger partial charge in [0, 0.05) is 23.0 Å². The Morgan fingerprint density at radius 3 is 2.65 bits per heavy atom. The van der Waals surface area contributed by atoms with Crippen molar-refractivity contribution in [2.24, 2.45) is 0 Å². The molecule has 7 heteroatoms. The number of fused-ring (bicyclic) bond motifs is 1. The third kappa shape index (κ3) is 4.61. The van der Waals surface area contributed by atoms with Crippen LogP contribution in [-0.4, -0.2) is 27.8 Å². The van der Waals surface area contributed by atoms with Crippen LogP contribution < -0.4 is 10.2 Å². The number of anilines is 2. The van der Waals surface area contributed by atoms with E-state index in [1.54, 1.807) is 11.1 Å². The van der Waals surface area contributed by atoms with Gasteiger partial charge in [-0.3, -0.25) is 19.5 Å². The van der Waals surface area contributed by atoms with Gasteiger partial charge >= 0.3 is 0 Å². The molecule has 2 aromatic heterocycles. The Balaban J connectivity index is 1.40. The number of hydrogen-bond donors (Lipinski definition) is 1. The molecule has 0 bridgehead atoms. The van der Waals surface area contributed by atoms with Gasteiger partial charge in [0.1, 0.15) is 11.0 Å². The second-order valence-corrected chi connectivity index (χ2v) is 9.20. The molecule has 2 aromatic carbocycles. The summed E-state index contributed by atoms with van der Waals surface area (Å²) in [5.74, 6) is -0.326. The van der Waals surface area contributed by atoms with E-state index >= 15 is 0 Å². The first kappa shape index (κ1) is 22.0. The lowest BCUT2D eigenvalue weighted by molar-refractivity contribution is -0.123. The van der Waals surface area contributed by atoms with Gasteiger partial charge in [-0.15, -0.1) is 11.3 Å². The van der Waals surface area contributed by atoms with Gasteiger partial charge < -0.3 is 5.32 Å². The van der Waals surface area contributed by atoms with Crippen molar-refractivity contribution in [3.63, 3.8) is 0 Å². The molecule has 2 amide bonds. The molecule has 5 rings (SSSR count). The van der Waals surface area contributed by atoms with E-state index in [2.05, 4.69) is 15.3 Å². The quantitative estimate of drug-likeness (QED) is 0.445. The van der Waals surface area contributed by atoms with Crippen LogP contribution >= 0.6 is 11.3 Å². The highest BCUT2D eigenvalue weighted by Crippen LogP contribution is 2.32. The summed E-state index contributed by atoms with van der Waals surface area (Å²) in [6.07, 6.45) is 3.15. The van der Waals surface area contributed by atoms with E-state index in [0.29, 0.717) is 12.1 Å². The van der Waals surface area contributed by atoms with Crippen LogP contribution in [0.3, 0.4) is 0 Å². The zero-order valence-electron chi connectivity index (χ0n) is 18.8. The topological polar surface area (TPSA) is 75.2 Å². The number of thiazole rings is 1. The molecule has 0 spiro atoms. The first-order chi connectivity index (χ1) is 16.6. The van der Waals surface area contributed by atoms with Crippen molar-refractivity contribution in [1.82, 2.24) is 9.97 Å². The van der Waals surface area contributed by atoms with E-state index in [4.69, 9.17) is 0 Å². The van der Waals surface area contributed by atoms with Crippen LogP contribution in [0.25, 0.3) is 10.7 Å². The molecule has 1 atom stereocenters. The van der Waals surface area contributed by atoms with Crippen LogP contribution in [0.1, 0.15) is 23.2 Å². The van der Waals surface area contributed by atoms with Crippen molar-refractivity contribution < 1.29 is 9.59 Å². The molecule has 1 N–H and O–H groups in total. The van der Waals surface area contributed by atoms with Crippen molar-refractivity contribution in [3.8, 4) is 10.7 Å². The number of aromatic nitrogens is 2. The zero-order valence-corrected chi connectivity index (χ0v) is 19.6.